The van der Waals surface area contributed by atoms with Crippen LogP contribution >= 0.6 is 0 Å². The van der Waals surface area contributed by atoms with Crippen molar-refractivity contribution in [3.63, 3.8) is 0 Å². The van der Waals surface area contributed by atoms with Gasteiger partial charge in [-0.2, -0.15) is 15.5 Å². The Hall–Kier alpha value is -4.26. The maximum Gasteiger partial charge on any atom is 0.357 e. The number of carboxylic acids is 1. The topological polar surface area (TPSA) is 166 Å². The molecule has 10 nitrogen and oxygen atoms in total. The summed E-state index contributed by atoms with van der Waals surface area (Å²) in [5.74, 6) is -1.59. The normalized spacial score (nSPS) is 11.2. The van der Waals surface area contributed by atoms with Gasteiger partial charge in [0.25, 0.3) is 0 Å². The number of amidine groups is 1. The molecule has 0 aliphatic rings. The Labute approximate surface area is 153 Å². The molecule has 3 aromatic rings. The van der Waals surface area contributed by atoms with Crippen molar-refractivity contribution in [3.8, 4) is 17.2 Å². The molecule has 134 valence electrons. The molecule has 0 aliphatic heterocycles. The molecule has 0 saturated heterocycles. The van der Waals surface area contributed by atoms with E-state index < -0.39 is 11.8 Å². The summed E-state index contributed by atoms with van der Waals surface area (Å²) >= 11 is 0. The smallest absolute Gasteiger partial charge is 0.357 e. The van der Waals surface area contributed by atoms with Crippen LogP contribution in [-0.2, 0) is 7.05 Å². The van der Waals surface area contributed by atoms with Crippen molar-refractivity contribution >= 4 is 34.2 Å². The van der Waals surface area contributed by atoms with Gasteiger partial charge < -0.3 is 10.8 Å². The summed E-state index contributed by atoms with van der Waals surface area (Å²) in [5, 5.41) is 33.9. The maximum absolute atomic E-state index is 11.6. The third kappa shape index (κ3) is 3.29. The van der Waals surface area contributed by atoms with E-state index in [1.54, 1.807) is 49.6 Å². The number of nitrogens with zero attached hydrogens (tertiary/aromatic N) is 5. The molecule has 27 heavy (non-hydrogen) atoms. The maximum atomic E-state index is 11.6. The number of aromatic nitrogens is 3. The van der Waals surface area contributed by atoms with Gasteiger partial charge in [0.15, 0.2) is 17.2 Å². The number of benzene rings is 1. The van der Waals surface area contributed by atoms with Gasteiger partial charge in [0.1, 0.15) is 6.07 Å². The monoisotopic (exact) mass is 362 g/mol. The number of nitrogens with one attached hydrogen (secondary N) is 2. The minimum absolute atomic E-state index is 0.0877. The number of hydrazone groups is 1. The van der Waals surface area contributed by atoms with Crippen molar-refractivity contribution in [3.05, 3.63) is 42.2 Å². The fraction of sp³-hybridized carbons (Fsp3) is 0.0588. The highest BCUT2D eigenvalue weighted by atomic mass is 16.4. The van der Waals surface area contributed by atoms with E-state index in [0.717, 1.165) is 0 Å². The van der Waals surface area contributed by atoms with Gasteiger partial charge in [-0.05, 0) is 29.3 Å². The predicted octanol–water partition coefficient (Wildman–Crippen LogP) is 1.56. The number of hydrogen-bond donors (Lipinski definition) is 4. The number of pyridine rings is 1. The lowest BCUT2D eigenvalue weighted by molar-refractivity contribution is 0.0691. The molecule has 10 heteroatoms. The van der Waals surface area contributed by atoms with Gasteiger partial charge >= 0.3 is 5.97 Å². The molecule has 0 fully saturated rings. The van der Waals surface area contributed by atoms with Gasteiger partial charge in [-0.15, -0.1) is 0 Å². The Morgan fingerprint density at radius 1 is 1.44 bits per heavy atom. The van der Waals surface area contributed by atoms with Crippen LogP contribution in [0.15, 0.2) is 41.6 Å². The molecular weight excluding hydrogens is 348 g/mol. The molecule has 2 heterocycles. The lowest BCUT2D eigenvalue weighted by atomic mass is 10.0. The van der Waals surface area contributed by atoms with Gasteiger partial charge in [0.05, 0.1) is 11.1 Å². The average Bonchev–Trinajstić information content (AvgIpc) is 2.99. The quantitative estimate of drug-likeness (QED) is 0.303. The van der Waals surface area contributed by atoms with E-state index in [2.05, 4.69) is 20.6 Å². The Morgan fingerprint density at radius 3 is 2.89 bits per heavy atom. The first-order valence-electron chi connectivity index (χ1n) is 7.66. The van der Waals surface area contributed by atoms with Crippen LogP contribution in [-0.4, -0.2) is 37.4 Å². The zero-order valence-corrected chi connectivity index (χ0v) is 14.1. The zero-order chi connectivity index (χ0) is 19.6. The van der Waals surface area contributed by atoms with E-state index in [1.807, 2.05) is 0 Å². The molecule has 0 radical (unpaired) electrons. The van der Waals surface area contributed by atoms with E-state index in [1.165, 1.54) is 4.68 Å². The van der Waals surface area contributed by atoms with Crippen LogP contribution in [0.1, 0.15) is 10.5 Å². The summed E-state index contributed by atoms with van der Waals surface area (Å²) in [7, 11) is 1.63. The summed E-state index contributed by atoms with van der Waals surface area (Å²) in [6.45, 7) is 0. The molecule has 1 aromatic carbocycles. The minimum atomic E-state index is -1.14. The standard InChI is InChI=1S/C17H14N8O2/c1-25-16-13(14(24-25)17(26)27)11(5-6-21-16)9-3-2-4-10(7-9)22-23-12(8-18)15(19)20/h2-7,22H,1H3,(H3,19,20)(H,26,27)/b23-12+. The lowest BCUT2D eigenvalue weighted by Crippen LogP contribution is -2.21. The molecule has 0 spiro atoms. The van der Waals surface area contributed by atoms with Crippen molar-refractivity contribution < 1.29 is 9.90 Å². The van der Waals surface area contributed by atoms with E-state index in [4.69, 9.17) is 16.4 Å². The van der Waals surface area contributed by atoms with Crippen LogP contribution < -0.4 is 11.2 Å². The summed E-state index contributed by atoms with van der Waals surface area (Å²) in [6.07, 6.45) is 1.58. The molecule has 2 aromatic heterocycles. The fourth-order valence-electron chi connectivity index (χ4n) is 2.59. The molecule has 0 amide bonds. The van der Waals surface area contributed by atoms with Crippen LogP contribution in [0, 0.1) is 16.7 Å². The lowest BCUT2D eigenvalue weighted by Gasteiger charge is -2.07. The van der Waals surface area contributed by atoms with Gasteiger partial charge in [-0.1, -0.05) is 12.1 Å². The predicted molar refractivity (Wildman–Crippen MR) is 99.5 cm³/mol. The van der Waals surface area contributed by atoms with Gasteiger partial charge in [-0.3, -0.25) is 10.8 Å². The molecule has 0 bridgehead atoms. The number of aromatic carboxylic acids is 1. The summed E-state index contributed by atoms with van der Waals surface area (Å²) in [5.41, 5.74) is 9.93. The van der Waals surface area contributed by atoms with Gasteiger partial charge in [0, 0.05) is 13.2 Å². The van der Waals surface area contributed by atoms with Crippen LogP contribution in [0.25, 0.3) is 22.2 Å². The van der Waals surface area contributed by atoms with Crippen LogP contribution in [0.3, 0.4) is 0 Å². The molecular formula is C17H14N8O2. The zero-order valence-electron chi connectivity index (χ0n) is 14.1. The van der Waals surface area contributed by atoms with E-state index >= 15 is 0 Å². The van der Waals surface area contributed by atoms with Gasteiger partial charge in [-0.25, -0.2) is 14.5 Å². The fourth-order valence-corrected chi connectivity index (χ4v) is 2.59. The van der Waals surface area contributed by atoms with Crippen molar-refractivity contribution in [1.82, 2.24) is 14.8 Å². The highest BCUT2D eigenvalue weighted by Gasteiger charge is 2.20. The largest absolute Gasteiger partial charge is 0.476 e. The first kappa shape index (κ1) is 17.6. The second-order valence-electron chi connectivity index (χ2n) is 5.51. The molecule has 3 rings (SSSR count). The van der Waals surface area contributed by atoms with Crippen molar-refractivity contribution in [1.29, 1.82) is 10.7 Å². The SMILES string of the molecule is Cn1nc(C(=O)O)c2c(-c3cccc(N/N=C(\C#N)C(=N)N)c3)ccnc21. The van der Waals surface area contributed by atoms with Crippen LogP contribution in [0.4, 0.5) is 5.69 Å². The minimum Gasteiger partial charge on any atom is -0.476 e. The number of carbonyl (C=O) groups is 1. The van der Waals surface area contributed by atoms with Crippen molar-refractivity contribution in [2.75, 3.05) is 5.43 Å². The molecule has 5 N–H and O–H groups in total. The number of fused-ring (bicyclic) bond motifs is 1. The number of nitriles is 1. The van der Waals surface area contributed by atoms with E-state index in [9.17, 15) is 9.90 Å². The number of rotatable bonds is 5. The first-order chi connectivity index (χ1) is 12.9. The van der Waals surface area contributed by atoms with Crippen LogP contribution in [0.2, 0.25) is 0 Å². The van der Waals surface area contributed by atoms with E-state index in [0.29, 0.717) is 27.8 Å². The van der Waals surface area contributed by atoms with E-state index in [-0.39, 0.29) is 11.4 Å². The Kier molecular flexibility index (Phi) is 4.51. The van der Waals surface area contributed by atoms with Crippen LogP contribution in [0.5, 0.6) is 0 Å². The number of anilines is 1. The van der Waals surface area contributed by atoms with Crippen molar-refractivity contribution in [2.24, 2.45) is 17.9 Å². The average molecular weight is 362 g/mol. The highest BCUT2D eigenvalue weighted by molar-refractivity contribution is 6.45. The van der Waals surface area contributed by atoms with Crippen molar-refractivity contribution in [2.45, 2.75) is 0 Å². The Morgan fingerprint density at radius 2 is 2.22 bits per heavy atom. The summed E-state index contributed by atoms with van der Waals surface area (Å²) in [4.78, 5) is 15.8. The highest BCUT2D eigenvalue weighted by Crippen LogP contribution is 2.31. The molecule has 0 saturated carbocycles. The second-order valence-corrected chi connectivity index (χ2v) is 5.51. The molecule has 0 unspecified atom stereocenters. The number of nitrogens with two attached hydrogens (primary N) is 1. The number of aryl methyl sites for hydroxylation is 1. The van der Waals surface area contributed by atoms with Gasteiger partial charge in [0.2, 0.25) is 5.71 Å². The third-order valence-corrected chi connectivity index (χ3v) is 3.76. The number of hydrogen-bond acceptors (Lipinski definition) is 7. The summed E-state index contributed by atoms with van der Waals surface area (Å²) < 4.78 is 1.42. The third-order valence-electron chi connectivity index (χ3n) is 3.76. The number of carboxylic acid groups (broad SMARTS) is 1. The molecule has 0 aliphatic carbocycles. The molecule has 0 atom stereocenters. The Balaban J connectivity index is 2.10. The Bertz CT molecular complexity index is 1140. The second kappa shape index (κ2) is 6.93. The first-order valence-corrected chi connectivity index (χ1v) is 7.66. The summed E-state index contributed by atoms with van der Waals surface area (Å²) in [6, 6.07) is 10.4.